The molecule has 0 saturated carbocycles. The normalized spacial score (nSPS) is 11.6. The lowest BCUT2D eigenvalue weighted by Gasteiger charge is -2.21. The lowest BCUT2D eigenvalue weighted by Crippen LogP contribution is -2.26. The van der Waals surface area contributed by atoms with Crippen LogP contribution in [0.25, 0.3) is 11.1 Å². The number of hydrogen-bond donors (Lipinski definition) is 2. The summed E-state index contributed by atoms with van der Waals surface area (Å²) in [6.07, 6.45) is 0. The number of anilines is 1. The van der Waals surface area contributed by atoms with Crippen molar-refractivity contribution in [3.8, 4) is 11.1 Å². The van der Waals surface area contributed by atoms with Gasteiger partial charge in [0.2, 0.25) is 0 Å². The Bertz CT molecular complexity index is 535. The zero-order valence-corrected chi connectivity index (χ0v) is 11.1. The first-order chi connectivity index (χ1) is 8.37. The maximum Gasteiger partial charge on any atom is 0.156 e. The molecule has 4 heteroatoms. The van der Waals surface area contributed by atoms with Crippen molar-refractivity contribution in [1.82, 2.24) is 10.2 Å². The lowest BCUT2D eigenvalue weighted by molar-refractivity contribution is 0.627. The van der Waals surface area contributed by atoms with E-state index in [1.807, 2.05) is 6.92 Å². The summed E-state index contributed by atoms with van der Waals surface area (Å²) in [6, 6.07) is 6.45. The van der Waals surface area contributed by atoms with E-state index in [0.29, 0.717) is 0 Å². The third kappa shape index (κ3) is 2.70. The van der Waals surface area contributed by atoms with E-state index in [1.54, 1.807) is 12.1 Å². The van der Waals surface area contributed by atoms with Gasteiger partial charge in [-0.25, -0.2) is 4.39 Å². The van der Waals surface area contributed by atoms with Crippen molar-refractivity contribution in [2.24, 2.45) is 0 Å². The zero-order valence-electron chi connectivity index (χ0n) is 11.1. The fourth-order valence-corrected chi connectivity index (χ4v) is 1.84. The maximum atomic E-state index is 13.0. The van der Waals surface area contributed by atoms with Crippen LogP contribution < -0.4 is 5.32 Å². The summed E-state index contributed by atoms with van der Waals surface area (Å²) >= 11 is 0. The van der Waals surface area contributed by atoms with Crippen LogP contribution in [0.5, 0.6) is 0 Å². The highest BCUT2D eigenvalue weighted by atomic mass is 19.1. The Balaban J connectivity index is 2.43. The second-order valence-corrected chi connectivity index (χ2v) is 5.45. The van der Waals surface area contributed by atoms with Crippen LogP contribution in [0.2, 0.25) is 0 Å². The molecule has 1 aromatic carbocycles. The van der Waals surface area contributed by atoms with E-state index in [0.717, 1.165) is 22.6 Å². The van der Waals surface area contributed by atoms with E-state index in [1.165, 1.54) is 12.1 Å². The van der Waals surface area contributed by atoms with Crippen LogP contribution in [0.4, 0.5) is 10.2 Å². The topological polar surface area (TPSA) is 40.7 Å². The molecule has 2 N–H and O–H groups in total. The number of benzene rings is 1. The number of hydrogen-bond acceptors (Lipinski definition) is 2. The predicted molar refractivity (Wildman–Crippen MR) is 72.1 cm³/mol. The van der Waals surface area contributed by atoms with Gasteiger partial charge in [0, 0.05) is 16.8 Å². The molecule has 0 atom stereocenters. The Labute approximate surface area is 106 Å². The highest BCUT2D eigenvalue weighted by molar-refractivity contribution is 5.77. The Morgan fingerprint density at radius 2 is 1.78 bits per heavy atom. The quantitative estimate of drug-likeness (QED) is 0.848. The molecule has 0 amide bonds. The van der Waals surface area contributed by atoms with E-state index in [-0.39, 0.29) is 11.4 Å². The molecule has 96 valence electrons. The number of halogens is 1. The van der Waals surface area contributed by atoms with E-state index >= 15 is 0 Å². The van der Waals surface area contributed by atoms with Gasteiger partial charge in [-0.05, 0) is 45.4 Å². The summed E-state index contributed by atoms with van der Waals surface area (Å²) < 4.78 is 13.0. The first-order valence-corrected chi connectivity index (χ1v) is 5.96. The van der Waals surface area contributed by atoms with Gasteiger partial charge in [-0.2, -0.15) is 5.10 Å². The molecular weight excluding hydrogens is 229 g/mol. The minimum Gasteiger partial charge on any atom is -0.363 e. The van der Waals surface area contributed by atoms with E-state index in [4.69, 9.17) is 0 Å². The van der Waals surface area contributed by atoms with Gasteiger partial charge in [0.1, 0.15) is 5.82 Å². The second-order valence-electron chi connectivity index (χ2n) is 5.45. The van der Waals surface area contributed by atoms with Crippen LogP contribution >= 0.6 is 0 Å². The Morgan fingerprint density at radius 1 is 1.17 bits per heavy atom. The van der Waals surface area contributed by atoms with Crippen LogP contribution in [0.1, 0.15) is 26.5 Å². The third-order valence-electron chi connectivity index (χ3n) is 2.57. The molecule has 0 aliphatic carbocycles. The van der Waals surface area contributed by atoms with Crippen LogP contribution in [0.15, 0.2) is 24.3 Å². The van der Waals surface area contributed by atoms with Crippen LogP contribution in [0.3, 0.4) is 0 Å². The average molecular weight is 247 g/mol. The third-order valence-corrected chi connectivity index (χ3v) is 2.57. The highest BCUT2D eigenvalue weighted by Gasteiger charge is 2.17. The second kappa shape index (κ2) is 4.44. The maximum absolute atomic E-state index is 13.0. The predicted octanol–water partition coefficient (Wildman–Crippen LogP) is 3.73. The number of rotatable bonds is 2. The number of aryl methyl sites for hydroxylation is 1. The molecule has 3 nitrogen and oxygen atoms in total. The zero-order chi connectivity index (χ0) is 13.3. The van der Waals surface area contributed by atoms with Gasteiger partial charge in [-0.3, -0.25) is 5.10 Å². The van der Waals surface area contributed by atoms with Gasteiger partial charge in [-0.1, -0.05) is 12.1 Å². The molecule has 2 aromatic rings. The SMILES string of the molecule is Cc1[nH]nc(NC(C)(C)C)c1-c1ccc(F)cc1. The summed E-state index contributed by atoms with van der Waals surface area (Å²) in [7, 11) is 0. The molecule has 1 aromatic heterocycles. The number of aromatic amines is 1. The van der Waals surface area contributed by atoms with Gasteiger partial charge in [-0.15, -0.1) is 0 Å². The van der Waals surface area contributed by atoms with Crippen molar-refractivity contribution in [1.29, 1.82) is 0 Å². The Morgan fingerprint density at radius 3 is 2.33 bits per heavy atom. The fraction of sp³-hybridized carbons (Fsp3) is 0.357. The van der Waals surface area contributed by atoms with Crippen molar-refractivity contribution < 1.29 is 4.39 Å². The summed E-state index contributed by atoms with van der Waals surface area (Å²) in [6.45, 7) is 8.18. The van der Waals surface area contributed by atoms with Gasteiger partial charge >= 0.3 is 0 Å². The first-order valence-electron chi connectivity index (χ1n) is 5.96. The molecule has 0 radical (unpaired) electrons. The minimum absolute atomic E-state index is 0.0730. The van der Waals surface area contributed by atoms with E-state index in [2.05, 4.69) is 36.3 Å². The monoisotopic (exact) mass is 247 g/mol. The van der Waals surface area contributed by atoms with Crippen molar-refractivity contribution in [2.45, 2.75) is 33.2 Å². The summed E-state index contributed by atoms with van der Waals surface area (Å²) in [4.78, 5) is 0. The number of aromatic nitrogens is 2. The van der Waals surface area contributed by atoms with Crippen LogP contribution in [-0.2, 0) is 0 Å². The standard InChI is InChI=1S/C14H18FN3/c1-9-12(10-5-7-11(15)8-6-10)13(18-17-9)16-14(2,3)4/h5-8H,1-4H3,(H2,16,17,18). The van der Waals surface area contributed by atoms with Gasteiger partial charge < -0.3 is 5.32 Å². The molecule has 0 aliphatic rings. The van der Waals surface area contributed by atoms with E-state index < -0.39 is 0 Å². The van der Waals surface area contributed by atoms with Crippen molar-refractivity contribution in [3.05, 3.63) is 35.8 Å². The van der Waals surface area contributed by atoms with Gasteiger partial charge in [0.15, 0.2) is 5.82 Å². The van der Waals surface area contributed by atoms with Gasteiger partial charge in [0.05, 0.1) is 0 Å². The van der Waals surface area contributed by atoms with Crippen LogP contribution in [0, 0.1) is 12.7 Å². The molecule has 18 heavy (non-hydrogen) atoms. The van der Waals surface area contributed by atoms with Crippen molar-refractivity contribution in [2.75, 3.05) is 5.32 Å². The fourth-order valence-electron chi connectivity index (χ4n) is 1.84. The first kappa shape index (κ1) is 12.6. The average Bonchev–Trinajstić information content (AvgIpc) is 2.59. The summed E-state index contributed by atoms with van der Waals surface area (Å²) in [5.74, 6) is 0.567. The molecular formula is C14H18FN3. The van der Waals surface area contributed by atoms with Crippen molar-refractivity contribution >= 4 is 5.82 Å². The lowest BCUT2D eigenvalue weighted by atomic mass is 10.0. The molecule has 0 unspecified atom stereocenters. The smallest absolute Gasteiger partial charge is 0.156 e. The molecule has 0 aliphatic heterocycles. The Kier molecular flexibility index (Phi) is 3.11. The molecule has 0 spiro atoms. The summed E-state index contributed by atoms with van der Waals surface area (Å²) in [5, 5.41) is 10.6. The minimum atomic E-state index is -0.231. The number of nitrogens with one attached hydrogen (secondary N) is 2. The number of H-pyrrole nitrogens is 1. The number of nitrogens with zero attached hydrogens (tertiary/aromatic N) is 1. The van der Waals surface area contributed by atoms with Crippen LogP contribution in [-0.4, -0.2) is 15.7 Å². The molecule has 0 saturated heterocycles. The van der Waals surface area contributed by atoms with E-state index in [9.17, 15) is 4.39 Å². The van der Waals surface area contributed by atoms with Gasteiger partial charge in [0.25, 0.3) is 0 Å². The molecule has 0 fully saturated rings. The molecule has 2 rings (SSSR count). The summed E-state index contributed by atoms with van der Waals surface area (Å²) in [5.41, 5.74) is 2.84. The molecule has 1 heterocycles. The largest absolute Gasteiger partial charge is 0.363 e. The highest BCUT2D eigenvalue weighted by Crippen LogP contribution is 2.31. The molecule has 0 bridgehead atoms. The van der Waals surface area contributed by atoms with Crippen molar-refractivity contribution in [3.63, 3.8) is 0 Å². The Hall–Kier alpha value is -1.84.